The Morgan fingerprint density at radius 3 is 2.14 bits per heavy atom. The van der Waals surface area contributed by atoms with E-state index in [4.69, 9.17) is 11.5 Å². The fourth-order valence-electron chi connectivity index (χ4n) is 2.56. The molecule has 0 aliphatic heterocycles. The van der Waals surface area contributed by atoms with Gasteiger partial charge in [0.2, 0.25) is 0 Å². The number of sulfonamides is 1. The molecule has 152 valence electrons. The molecule has 0 atom stereocenters. The molecule has 3 aromatic rings. The third-order valence-electron chi connectivity index (χ3n) is 3.96. The number of benzene rings is 2. The van der Waals surface area contributed by atoms with E-state index in [1.165, 1.54) is 24.3 Å². The van der Waals surface area contributed by atoms with Crippen LogP contribution in [0.4, 0.5) is 24.7 Å². The maximum atomic E-state index is 12.6. The Bertz CT molecular complexity index is 1150. The number of hydrogen-bond donors (Lipinski definition) is 4. The van der Waals surface area contributed by atoms with Crippen LogP contribution >= 0.6 is 0 Å². The number of carbonyl (C=O) groups excluding carboxylic acids is 1. The van der Waals surface area contributed by atoms with Gasteiger partial charge in [0.25, 0.3) is 15.9 Å². The molecule has 0 spiro atoms. The summed E-state index contributed by atoms with van der Waals surface area (Å²) in [7, 11) is -4.10. The minimum absolute atomic E-state index is 0.00286. The summed E-state index contributed by atoms with van der Waals surface area (Å²) in [6.07, 6.45) is -4.56. The molecular formula is C17H14F3N5O3S. The van der Waals surface area contributed by atoms with Gasteiger partial charge in [-0.15, -0.1) is 0 Å². The van der Waals surface area contributed by atoms with E-state index >= 15 is 0 Å². The average molecular weight is 425 g/mol. The number of rotatable bonds is 5. The minimum Gasteiger partial charge on any atom is -0.382 e. The number of primary amides is 1. The SMILES string of the molecule is NC(=O)c1c(N)n[nH]c1-c1ccc(NS(=O)(=O)c2ccc(C(F)(F)F)cc2)cc1. The number of hydrogen-bond acceptors (Lipinski definition) is 5. The van der Waals surface area contributed by atoms with Crippen molar-refractivity contribution in [3.8, 4) is 11.3 Å². The number of nitrogen functional groups attached to an aromatic ring is 1. The largest absolute Gasteiger partial charge is 0.416 e. The molecular weight excluding hydrogens is 411 g/mol. The van der Waals surface area contributed by atoms with Gasteiger partial charge in [-0.25, -0.2) is 8.42 Å². The van der Waals surface area contributed by atoms with Gasteiger partial charge in [-0.1, -0.05) is 12.1 Å². The molecule has 1 amide bonds. The number of nitrogens with two attached hydrogens (primary N) is 2. The zero-order chi connectivity index (χ0) is 21.4. The van der Waals surface area contributed by atoms with Gasteiger partial charge in [-0.05, 0) is 36.4 Å². The van der Waals surface area contributed by atoms with Gasteiger partial charge in [0, 0.05) is 11.3 Å². The summed E-state index contributed by atoms with van der Waals surface area (Å²) in [5.41, 5.74) is 10.8. The summed E-state index contributed by atoms with van der Waals surface area (Å²) in [4.78, 5) is 11.2. The van der Waals surface area contributed by atoms with Gasteiger partial charge in [-0.2, -0.15) is 18.3 Å². The predicted octanol–water partition coefficient (Wildman–Crippen LogP) is 2.58. The molecule has 8 nitrogen and oxygen atoms in total. The Kier molecular flexibility index (Phi) is 4.96. The van der Waals surface area contributed by atoms with Crippen LogP contribution in [0.15, 0.2) is 53.4 Å². The standard InChI is InChI=1S/C17H14F3N5O3S/c18-17(19,20)10-3-7-12(8-4-10)29(27,28)25-11-5-1-9(2-6-11)14-13(16(22)26)15(21)24-23-14/h1-8,25H,(H2,22,26)(H3,21,23,24). The molecule has 6 N–H and O–H groups in total. The highest BCUT2D eigenvalue weighted by Crippen LogP contribution is 2.30. The van der Waals surface area contributed by atoms with E-state index in [0.29, 0.717) is 17.7 Å². The highest BCUT2D eigenvalue weighted by Gasteiger charge is 2.30. The highest BCUT2D eigenvalue weighted by molar-refractivity contribution is 7.92. The monoisotopic (exact) mass is 425 g/mol. The second-order valence-corrected chi connectivity index (χ2v) is 7.61. The molecule has 0 saturated carbocycles. The Labute approximate surface area is 162 Å². The zero-order valence-electron chi connectivity index (χ0n) is 14.5. The Balaban J connectivity index is 1.83. The lowest BCUT2D eigenvalue weighted by atomic mass is 10.1. The second kappa shape index (κ2) is 7.13. The summed E-state index contributed by atoms with van der Waals surface area (Å²) in [6.45, 7) is 0. The van der Waals surface area contributed by atoms with Crippen molar-refractivity contribution in [3.63, 3.8) is 0 Å². The molecule has 1 aromatic heterocycles. The summed E-state index contributed by atoms with van der Waals surface area (Å²) in [6, 6.07) is 8.89. The van der Waals surface area contributed by atoms with Gasteiger partial charge in [0.1, 0.15) is 5.56 Å². The fourth-order valence-corrected chi connectivity index (χ4v) is 3.62. The van der Waals surface area contributed by atoms with Gasteiger partial charge in [0.15, 0.2) is 5.82 Å². The van der Waals surface area contributed by atoms with Gasteiger partial charge in [-0.3, -0.25) is 14.6 Å². The van der Waals surface area contributed by atoms with E-state index in [0.717, 1.165) is 12.1 Å². The molecule has 0 bridgehead atoms. The van der Waals surface area contributed by atoms with Crippen molar-refractivity contribution in [1.82, 2.24) is 10.2 Å². The number of H-pyrrole nitrogens is 1. The van der Waals surface area contributed by atoms with Crippen molar-refractivity contribution in [1.29, 1.82) is 0 Å². The van der Waals surface area contributed by atoms with Crippen LogP contribution in [0.1, 0.15) is 15.9 Å². The van der Waals surface area contributed by atoms with E-state index in [2.05, 4.69) is 14.9 Å². The van der Waals surface area contributed by atoms with Crippen LogP contribution in [-0.2, 0) is 16.2 Å². The summed E-state index contributed by atoms with van der Waals surface area (Å²) in [5.74, 6) is -0.849. The number of alkyl halides is 3. The Morgan fingerprint density at radius 2 is 1.62 bits per heavy atom. The van der Waals surface area contributed by atoms with E-state index < -0.39 is 27.7 Å². The molecule has 0 aliphatic rings. The third-order valence-corrected chi connectivity index (χ3v) is 5.36. The molecule has 1 heterocycles. The first-order valence-corrected chi connectivity index (χ1v) is 9.41. The van der Waals surface area contributed by atoms with Gasteiger partial charge < -0.3 is 11.5 Å². The van der Waals surface area contributed by atoms with Crippen LogP contribution in [-0.4, -0.2) is 24.5 Å². The van der Waals surface area contributed by atoms with Crippen molar-refractivity contribution in [2.45, 2.75) is 11.1 Å². The molecule has 0 radical (unpaired) electrons. The van der Waals surface area contributed by atoms with Crippen molar-refractivity contribution < 1.29 is 26.4 Å². The second-order valence-electron chi connectivity index (χ2n) is 5.93. The van der Waals surface area contributed by atoms with Crippen LogP contribution < -0.4 is 16.2 Å². The molecule has 3 rings (SSSR count). The normalized spacial score (nSPS) is 12.0. The van der Waals surface area contributed by atoms with E-state index in [1.807, 2.05) is 0 Å². The molecule has 2 aromatic carbocycles. The maximum Gasteiger partial charge on any atom is 0.416 e. The van der Waals surface area contributed by atoms with E-state index in [-0.39, 0.29) is 27.7 Å². The van der Waals surface area contributed by atoms with Crippen molar-refractivity contribution in [3.05, 3.63) is 59.7 Å². The minimum atomic E-state index is -4.56. The zero-order valence-corrected chi connectivity index (χ0v) is 15.3. The van der Waals surface area contributed by atoms with Crippen molar-refractivity contribution >= 4 is 27.4 Å². The van der Waals surface area contributed by atoms with Crippen LogP contribution in [0.5, 0.6) is 0 Å². The molecule has 0 saturated heterocycles. The number of anilines is 2. The maximum absolute atomic E-state index is 12.6. The number of nitrogens with zero attached hydrogens (tertiary/aromatic N) is 1. The molecule has 0 aliphatic carbocycles. The first-order valence-electron chi connectivity index (χ1n) is 7.93. The Hall–Kier alpha value is -3.54. The van der Waals surface area contributed by atoms with E-state index in [9.17, 15) is 26.4 Å². The third kappa shape index (κ3) is 4.16. The number of aromatic amines is 1. The number of halogens is 3. The number of amides is 1. The summed E-state index contributed by atoms with van der Waals surface area (Å²) < 4.78 is 64.9. The van der Waals surface area contributed by atoms with Crippen LogP contribution in [0, 0.1) is 0 Å². The van der Waals surface area contributed by atoms with Crippen LogP contribution in [0.2, 0.25) is 0 Å². The molecule has 29 heavy (non-hydrogen) atoms. The fraction of sp³-hybridized carbons (Fsp3) is 0.0588. The lowest BCUT2D eigenvalue weighted by Gasteiger charge is -2.11. The topological polar surface area (TPSA) is 144 Å². The first kappa shape index (κ1) is 20.2. The van der Waals surface area contributed by atoms with E-state index in [1.54, 1.807) is 0 Å². The summed E-state index contributed by atoms with van der Waals surface area (Å²) in [5, 5.41) is 6.30. The van der Waals surface area contributed by atoms with Gasteiger partial charge >= 0.3 is 6.18 Å². The molecule has 0 fully saturated rings. The van der Waals surface area contributed by atoms with Crippen molar-refractivity contribution in [2.75, 3.05) is 10.5 Å². The number of aromatic nitrogens is 2. The van der Waals surface area contributed by atoms with Gasteiger partial charge in [0.05, 0.1) is 16.2 Å². The molecule has 12 heteroatoms. The molecule has 0 unspecified atom stereocenters. The smallest absolute Gasteiger partial charge is 0.382 e. The lowest BCUT2D eigenvalue weighted by molar-refractivity contribution is -0.137. The first-order chi connectivity index (χ1) is 13.5. The average Bonchev–Trinajstić information content (AvgIpc) is 3.03. The van der Waals surface area contributed by atoms with Crippen molar-refractivity contribution in [2.24, 2.45) is 5.73 Å². The quantitative estimate of drug-likeness (QED) is 0.497. The number of carbonyl (C=O) groups is 1. The highest BCUT2D eigenvalue weighted by atomic mass is 32.2. The lowest BCUT2D eigenvalue weighted by Crippen LogP contribution is -2.14. The van der Waals surface area contributed by atoms with Crippen LogP contribution in [0.3, 0.4) is 0 Å². The number of nitrogens with one attached hydrogen (secondary N) is 2. The summed E-state index contributed by atoms with van der Waals surface area (Å²) >= 11 is 0. The van der Waals surface area contributed by atoms with Crippen LogP contribution in [0.25, 0.3) is 11.3 Å². The predicted molar refractivity (Wildman–Crippen MR) is 99.2 cm³/mol. The Morgan fingerprint density at radius 1 is 1.03 bits per heavy atom.